The molecule has 0 aromatic heterocycles. The number of amides is 3. The Balaban J connectivity index is 0.000000290. The molecule has 1 aromatic rings. The normalized spacial score (nSPS) is 19.4. The van der Waals surface area contributed by atoms with Gasteiger partial charge in [0, 0.05) is 44.7 Å². The number of hydroxylamine groups is 2. The lowest BCUT2D eigenvalue weighted by atomic mass is 9.88. The van der Waals surface area contributed by atoms with Gasteiger partial charge in [0.1, 0.15) is 11.2 Å². The van der Waals surface area contributed by atoms with E-state index in [9.17, 15) is 19.2 Å². The van der Waals surface area contributed by atoms with Crippen molar-refractivity contribution in [1.29, 1.82) is 0 Å². The van der Waals surface area contributed by atoms with E-state index in [1.165, 1.54) is 12.2 Å². The van der Waals surface area contributed by atoms with Crippen molar-refractivity contribution >= 4 is 23.9 Å². The molecule has 41 heavy (non-hydrogen) atoms. The summed E-state index contributed by atoms with van der Waals surface area (Å²) in [7, 11) is 3.03. The first-order valence-corrected chi connectivity index (χ1v) is 14.4. The molecule has 2 heterocycles. The molecule has 0 unspecified atom stereocenters. The third-order valence-corrected chi connectivity index (χ3v) is 6.86. The highest BCUT2D eigenvalue weighted by Gasteiger charge is 2.33. The Morgan fingerprint density at radius 2 is 1.27 bits per heavy atom. The average Bonchev–Trinajstić information content (AvgIpc) is 2.90. The third kappa shape index (κ3) is 11.0. The lowest BCUT2D eigenvalue weighted by molar-refractivity contribution is -0.174. The summed E-state index contributed by atoms with van der Waals surface area (Å²) < 4.78 is 10.7. The van der Waals surface area contributed by atoms with Crippen molar-refractivity contribution in [3.05, 3.63) is 35.4 Å². The van der Waals surface area contributed by atoms with Gasteiger partial charge in [-0.3, -0.25) is 14.4 Å². The molecule has 0 N–H and O–H groups in total. The Morgan fingerprint density at radius 1 is 0.805 bits per heavy atom. The fourth-order valence-corrected chi connectivity index (χ4v) is 4.77. The number of Topliss-reactive ketones (excluding diaryl/α,β-unsaturated/α-hetero) is 1. The van der Waals surface area contributed by atoms with Gasteiger partial charge in [-0.05, 0) is 79.7 Å². The second kappa shape index (κ2) is 14.7. The van der Waals surface area contributed by atoms with Gasteiger partial charge in [-0.25, -0.2) is 14.7 Å². The van der Waals surface area contributed by atoms with Crippen molar-refractivity contribution in [2.75, 3.05) is 40.3 Å². The standard InChI is InChI=1S/C18H25NO3.C13H24N2O4/c1-13-8-5-6-10-15(13)16(20)14-9-7-11-19(12-14)17(21)22-18(2,3)4;1-13(2,3)19-12(17)15-8-6-7-10(9-15)11(16)14(4)18-5/h5-6,8,10,14H,7,9,11-12H2,1-4H3;10H,6-9H2,1-5H3/t14-;10-/m11/s1. The quantitative estimate of drug-likeness (QED) is 0.346. The molecule has 2 aliphatic rings. The first-order chi connectivity index (χ1) is 19.0. The highest BCUT2D eigenvalue weighted by molar-refractivity contribution is 5.99. The molecule has 230 valence electrons. The molecule has 0 radical (unpaired) electrons. The van der Waals surface area contributed by atoms with E-state index < -0.39 is 11.2 Å². The minimum atomic E-state index is -0.517. The number of nitrogens with zero attached hydrogens (tertiary/aromatic N) is 3. The maximum atomic E-state index is 12.7. The molecule has 0 aliphatic carbocycles. The molecule has 1 aromatic carbocycles. The molecule has 2 fully saturated rings. The molecule has 3 amide bonds. The molecular formula is C31H49N3O7. The zero-order valence-corrected chi connectivity index (χ0v) is 26.3. The van der Waals surface area contributed by atoms with Crippen LogP contribution in [0.1, 0.15) is 83.1 Å². The molecule has 3 rings (SSSR count). The van der Waals surface area contributed by atoms with Crippen LogP contribution < -0.4 is 0 Å². The first kappa shape index (κ1) is 34.1. The summed E-state index contributed by atoms with van der Waals surface area (Å²) >= 11 is 0. The van der Waals surface area contributed by atoms with Crippen LogP contribution in [0.4, 0.5) is 9.59 Å². The third-order valence-electron chi connectivity index (χ3n) is 6.86. The summed E-state index contributed by atoms with van der Waals surface area (Å²) in [5.41, 5.74) is 0.724. The van der Waals surface area contributed by atoms with E-state index in [0.717, 1.165) is 36.8 Å². The van der Waals surface area contributed by atoms with Gasteiger partial charge in [0.2, 0.25) is 0 Å². The lowest BCUT2D eigenvalue weighted by Crippen LogP contribution is -2.47. The van der Waals surface area contributed by atoms with Crippen molar-refractivity contribution in [2.24, 2.45) is 11.8 Å². The topological polar surface area (TPSA) is 106 Å². The summed E-state index contributed by atoms with van der Waals surface area (Å²) in [5.74, 6) is -0.323. The summed E-state index contributed by atoms with van der Waals surface area (Å²) in [4.78, 5) is 57.0. The zero-order chi connectivity index (χ0) is 31.0. The van der Waals surface area contributed by atoms with Crippen molar-refractivity contribution in [1.82, 2.24) is 14.9 Å². The van der Waals surface area contributed by atoms with E-state index in [1.54, 1.807) is 16.8 Å². The zero-order valence-electron chi connectivity index (χ0n) is 26.3. The molecule has 2 saturated heterocycles. The van der Waals surface area contributed by atoms with Gasteiger partial charge in [-0.15, -0.1) is 0 Å². The summed E-state index contributed by atoms with van der Waals surface area (Å²) in [6.45, 7) is 15.1. The van der Waals surface area contributed by atoms with Gasteiger partial charge in [0.25, 0.3) is 5.91 Å². The monoisotopic (exact) mass is 575 g/mol. The van der Waals surface area contributed by atoms with E-state index in [4.69, 9.17) is 14.3 Å². The number of benzene rings is 1. The van der Waals surface area contributed by atoms with Crippen LogP contribution in [-0.4, -0.2) is 90.3 Å². The van der Waals surface area contributed by atoms with E-state index in [1.807, 2.05) is 72.7 Å². The van der Waals surface area contributed by atoms with Gasteiger partial charge >= 0.3 is 12.2 Å². The molecule has 0 bridgehead atoms. The number of carbonyl (C=O) groups excluding carboxylic acids is 4. The Morgan fingerprint density at radius 3 is 1.73 bits per heavy atom. The van der Waals surface area contributed by atoms with Gasteiger partial charge < -0.3 is 19.3 Å². The number of hydrogen-bond acceptors (Lipinski definition) is 7. The smallest absolute Gasteiger partial charge is 0.410 e. The number of carbonyl (C=O) groups is 4. The number of aryl methyl sites for hydroxylation is 1. The second-order valence-electron chi connectivity index (χ2n) is 12.7. The summed E-state index contributed by atoms with van der Waals surface area (Å²) in [5, 5.41) is 1.21. The van der Waals surface area contributed by atoms with E-state index >= 15 is 0 Å². The Hall–Kier alpha value is -3.14. The highest BCUT2D eigenvalue weighted by atomic mass is 16.7. The van der Waals surface area contributed by atoms with Gasteiger partial charge in [0.05, 0.1) is 13.0 Å². The molecular weight excluding hydrogens is 526 g/mol. The molecule has 10 nitrogen and oxygen atoms in total. The molecule has 0 spiro atoms. The highest BCUT2D eigenvalue weighted by Crippen LogP contribution is 2.24. The maximum Gasteiger partial charge on any atom is 0.410 e. The number of ether oxygens (including phenoxy) is 2. The minimum Gasteiger partial charge on any atom is -0.444 e. The minimum absolute atomic E-state index is 0.101. The van der Waals surface area contributed by atoms with E-state index in [0.29, 0.717) is 26.2 Å². The van der Waals surface area contributed by atoms with Crippen LogP contribution in [0.2, 0.25) is 0 Å². The predicted octanol–water partition coefficient (Wildman–Crippen LogP) is 5.48. The van der Waals surface area contributed by atoms with Crippen LogP contribution in [0, 0.1) is 18.8 Å². The van der Waals surface area contributed by atoms with E-state index in [2.05, 4.69) is 0 Å². The number of likely N-dealkylation sites (tertiary alicyclic amines) is 2. The Bertz CT molecular complexity index is 1060. The van der Waals surface area contributed by atoms with Crippen molar-refractivity contribution in [3.8, 4) is 0 Å². The largest absolute Gasteiger partial charge is 0.444 e. The molecule has 2 aliphatic heterocycles. The fraction of sp³-hybridized carbons (Fsp3) is 0.677. The maximum absolute atomic E-state index is 12.7. The Kier molecular flexibility index (Phi) is 12.2. The second-order valence-corrected chi connectivity index (χ2v) is 12.7. The number of rotatable bonds is 4. The van der Waals surface area contributed by atoms with Gasteiger partial charge in [-0.2, -0.15) is 0 Å². The average molecular weight is 576 g/mol. The van der Waals surface area contributed by atoms with Crippen LogP contribution in [-0.2, 0) is 19.1 Å². The SMILES string of the molecule is CON(C)C(=O)[C@@H]1CCCN(C(=O)OC(C)(C)C)C1.Cc1ccccc1C(=O)[C@@H]1CCCN(C(=O)OC(C)(C)C)C1. The van der Waals surface area contributed by atoms with Crippen LogP contribution >= 0.6 is 0 Å². The fourth-order valence-electron chi connectivity index (χ4n) is 4.77. The molecule has 0 saturated carbocycles. The van der Waals surface area contributed by atoms with Crippen LogP contribution in [0.25, 0.3) is 0 Å². The summed E-state index contributed by atoms with van der Waals surface area (Å²) in [6, 6.07) is 7.63. The number of piperidine rings is 2. The van der Waals surface area contributed by atoms with Gasteiger partial charge in [-0.1, -0.05) is 24.3 Å². The van der Waals surface area contributed by atoms with E-state index in [-0.39, 0.29) is 35.7 Å². The van der Waals surface area contributed by atoms with Crippen LogP contribution in [0.15, 0.2) is 24.3 Å². The van der Waals surface area contributed by atoms with Crippen LogP contribution in [0.3, 0.4) is 0 Å². The van der Waals surface area contributed by atoms with Crippen molar-refractivity contribution < 1.29 is 33.5 Å². The predicted molar refractivity (Wildman–Crippen MR) is 156 cm³/mol. The Labute approximate surface area is 245 Å². The summed E-state index contributed by atoms with van der Waals surface area (Å²) in [6.07, 6.45) is 2.55. The molecule has 10 heteroatoms. The van der Waals surface area contributed by atoms with Crippen LogP contribution in [0.5, 0.6) is 0 Å². The van der Waals surface area contributed by atoms with Gasteiger partial charge in [0.15, 0.2) is 5.78 Å². The number of ketones is 1. The van der Waals surface area contributed by atoms with Crippen molar-refractivity contribution in [2.45, 2.75) is 85.4 Å². The lowest BCUT2D eigenvalue weighted by Gasteiger charge is -2.34. The molecule has 2 atom stereocenters. The number of hydrogen-bond donors (Lipinski definition) is 0. The first-order valence-electron chi connectivity index (χ1n) is 14.4. The van der Waals surface area contributed by atoms with Crippen molar-refractivity contribution in [3.63, 3.8) is 0 Å².